The molecule has 1 N–H and O–H groups in total. The van der Waals surface area contributed by atoms with Gasteiger partial charge in [-0.15, -0.1) is 11.8 Å². The monoisotopic (exact) mass is 382 g/mol. The summed E-state index contributed by atoms with van der Waals surface area (Å²) in [7, 11) is 1.61. The number of rotatable bonds is 5. The van der Waals surface area contributed by atoms with Crippen LogP contribution in [0.5, 0.6) is 5.75 Å². The van der Waals surface area contributed by atoms with Gasteiger partial charge in [-0.05, 0) is 31.0 Å². The molecule has 140 valence electrons. The Morgan fingerprint density at radius 1 is 1.15 bits per heavy atom. The average molecular weight is 382 g/mol. The van der Waals surface area contributed by atoms with Crippen LogP contribution < -0.4 is 15.0 Å². The van der Waals surface area contributed by atoms with E-state index in [4.69, 9.17) is 4.74 Å². The molecule has 2 aliphatic rings. The first-order valence-corrected chi connectivity index (χ1v) is 10.2. The van der Waals surface area contributed by atoms with E-state index >= 15 is 0 Å². The molecule has 0 spiro atoms. The number of para-hydroxylation sites is 3. The van der Waals surface area contributed by atoms with Crippen molar-refractivity contribution in [1.29, 1.82) is 0 Å². The molecule has 2 aromatic rings. The van der Waals surface area contributed by atoms with Crippen molar-refractivity contribution < 1.29 is 14.3 Å². The number of benzene rings is 2. The number of methoxy groups -OCH3 is 1. The van der Waals surface area contributed by atoms with Crippen LogP contribution in [0, 0.1) is 5.92 Å². The van der Waals surface area contributed by atoms with Crippen LogP contribution in [0.2, 0.25) is 0 Å². The van der Waals surface area contributed by atoms with Crippen molar-refractivity contribution in [3.05, 3.63) is 54.1 Å². The Bertz CT molecular complexity index is 866. The predicted molar refractivity (Wildman–Crippen MR) is 108 cm³/mol. The topological polar surface area (TPSA) is 58.6 Å². The summed E-state index contributed by atoms with van der Waals surface area (Å²) in [5, 5.41) is 2.88. The highest BCUT2D eigenvalue weighted by atomic mass is 32.2. The number of nitrogens with one attached hydrogen (secondary N) is 1. The fourth-order valence-electron chi connectivity index (χ4n) is 3.47. The van der Waals surface area contributed by atoms with Gasteiger partial charge in [0.25, 0.3) is 0 Å². The normalized spacial score (nSPS) is 19.7. The third kappa shape index (κ3) is 3.41. The van der Waals surface area contributed by atoms with Crippen LogP contribution in [0.25, 0.3) is 0 Å². The van der Waals surface area contributed by atoms with Crippen LogP contribution >= 0.6 is 11.8 Å². The Morgan fingerprint density at radius 3 is 2.63 bits per heavy atom. The van der Waals surface area contributed by atoms with Crippen molar-refractivity contribution in [2.24, 2.45) is 5.92 Å². The largest absolute Gasteiger partial charge is 0.495 e. The van der Waals surface area contributed by atoms with Crippen molar-refractivity contribution in [2.45, 2.75) is 24.6 Å². The van der Waals surface area contributed by atoms with E-state index in [1.165, 1.54) is 0 Å². The summed E-state index contributed by atoms with van der Waals surface area (Å²) in [5.74, 6) is 1.28. The minimum atomic E-state index is -0.202. The van der Waals surface area contributed by atoms with Crippen LogP contribution in [-0.2, 0) is 9.59 Å². The molecule has 1 saturated heterocycles. The zero-order chi connectivity index (χ0) is 18.8. The lowest BCUT2D eigenvalue weighted by Crippen LogP contribution is -2.30. The van der Waals surface area contributed by atoms with Gasteiger partial charge in [0.1, 0.15) is 11.1 Å². The third-order valence-corrected chi connectivity index (χ3v) is 6.37. The molecule has 6 heteroatoms. The number of nitrogens with zero attached hydrogens (tertiary/aromatic N) is 1. The van der Waals surface area contributed by atoms with Crippen molar-refractivity contribution in [1.82, 2.24) is 0 Å². The Morgan fingerprint density at radius 2 is 1.89 bits per heavy atom. The van der Waals surface area contributed by atoms with E-state index in [1.54, 1.807) is 23.8 Å². The number of ether oxygens (including phenoxy) is 1. The van der Waals surface area contributed by atoms with Gasteiger partial charge in [0, 0.05) is 17.2 Å². The summed E-state index contributed by atoms with van der Waals surface area (Å²) in [5.41, 5.74) is 2.47. The van der Waals surface area contributed by atoms with Gasteiger partial charge in [-0.2, -0.15) is 0 Å². The number of anilines is 2. The third-order valence-electron chi connectivity index (χ3n) is 5.17. The fourth-order valence-corrected chi connectivity index (χ4v) is 4.68. The molecule has 0 bridgehead atoms. The van der Waals surface area contributed by atoms with E-state index in [9.17, 15) is 9.59 Å². The van der Waals surface area contributed by atoms with Gasteiger partial charge in [-0.25, -0.2) is 0 Å². The molecule has 5 nitrogen and oxygen atoms in total. The predicted octanol–water partition coefficient (Wildman–Crippen LogP) is 4.21. The number of carbonyl (C=O) groups is 2. The molecule has 1 atom stereocenters. The SMILES string of the molecule is COc1ccccc1N1C(=O)CS[C@@H]1c1ccccc1NC(=O)C1CCC1. The maximum Gasteiger partial charge on any atom is 0.238 e. The lowest BCUT2D eigenvalue weighted by atomic mass is 9.85. The minimum Gasteiger partial charge on any atom is -0.495 e. The van der Waals surface area contributed by atoms with Gasteiger partial charge in [0.2, 0.25) is 11.8 Å². The van der Waals surface area contributed by atoms with Gasteiger partial charge >= 0.3 is 0 Å². The molecule has 1 aliphatic carbocycles. The molecule has 0 unspecified atom stereocenters. The second kappa shape index (κ2) is 7.64. The van der Waals surface area contributed by atoms with Gasteiger partial charge in [0.15, 0.2) is 0 Å². The summed E-state index contributed by atoms with van der Waals surface area (Å²) in [6.45, 7) is 0. The Labute approximate surface area is 163 Å². The van der Waals surface area contributed by atoms with Crippen LogP contribution in [0.15, 0.2) is 48.5 Å². The summed E-state index contributed by atoms with van der Waals surface area (Å²) < 4.78 is 5.47. The molecule has 1 aliphatic heterocycles. The van der Waals surface area contributed by atoms with E-state index in [-0.39, 0.29) is 23.1 Å². The number of amides is 2. The molecule has 2 amide bonds. The second-order valence-corrected chi connectivity index (χ2v) is 7.87. The second-order valence-electron chi connectivity index (χ2n) is 6.80. The molecule has 1 heterocycles. The lowest BCUT2D eigenvalue weighted by Gasteiger charge is -2.28. The number of hydrogen-bond acceptors (Lipinski definition) is 4. The molecule has 0 aromatic heterocycles. The van der Waals surface area contributed by atoms with Crippen LogP contribution in [0.3, 0.4) is 0 Å². The van der Waals surface area contributed by atoms with E-state index in [0.717, 1.165) is 36.2 Å². The zero-order valence-corrected chi connectivity index (χ0v) is 16.0. The summed E-state index contributed by atoms with van der Waals surface area (Å²) in [6, 6.07) is 15.3. The number of thioether (sulfide) groups is 1. The maximum atomic E-state index is 12.7. The molecule has 27 heavy (non-hydrogen) atoms. The highest BCUT2D eigenvalue weighted by Gasteiger charge is 2.37. The van der Waals surface area contributed by atoms with E-state index in [2.05, 4.69) is 5.32 Å². The van der Waals surface area contributed by atoms with Crippen LogP contribution in [-0.4, -0.2) is 24.7 Å². The summed E-state index contributed by atoms with van der Waals surface area (Å²) >= 11 is 1.56. The molecular formula is C21H22N2O3S. The smallest absolute Gasteiger partial charge is 0.238 e. The first kappa shape index (κ1) is 17.9. The van der Waals surface area contributed by atoms with Crippen LogP contribution in [0.1, 0.15) is 30.2 Å². The van der Waals surface area contributed by atoms with E-state index in [0.29, 0.717) is 11.5 Å². The Hall–Kier alpha value is -2.47. The summed E-state index contributed by atoms with van der Waals surface area (Å²) in [6.07, 6.45) is 3.03. The highest BCUT2D eigenvalue weighted by Crippen LogP contribution is 2.46. The minimum absolute atomic E-state index is 0.0367. The molecule has 1 saturated carbocycles. The van der Waals surface area contributed by atoms with Crippen molar-refractivity contribution in [3.8, 4) is 5.75 Å². The highest BCUT2D eigenvalue weighted by molar-refractivity contribution is 8.00. The van der Waals surface area contributed by atoms with Crippen molar-refractivity contribution in [3.63, 3.8) is 0 Å². The first-order chi connectivity index (χ1) is 13.2. The van der Waals surface area contributed by atoms with E-state index < -0.39 is 0 Å². The molecule has 0 radical (unpaired) electrons. The van der Waals surface area contributed by atoms with E-state index in [1.807, 2.05) is 48.5 Å². The Balaban J connectivity index is 1.67. The fraction of sp³-hybridized carbons (Fsp3) is 0.333. The first-order valence-electron chi connectivity index (χ1n) is 9.15. The number of carbonyl (C=O) groups excluding carboxylic acids is 2. The standard InChI is InChI=1S/C21H22N2O3S/c1-26-18-12-5-4-11-17(18)23-19(24)13-27-21(23)15-9-2-3-10-16(15)22-20(25)14-7-6-8-14/h2-5,9-12,14,21H,6-8,13H2,1H3,(H,22,25)/t21-/m1/s1. The molecule has 2 fully saturated rings. The van der Waals surface area contributed by atoms with Gasteiger partial charge in [0.05, 0.1) is 18.6 Å². The molecule has 2 aromatic carbocycles. The van der Waals surface area contributed by atoms with Crippen LogP contribution in [0.4, 0.5) is 11.4 Å². The Kier molecular flexibility index (Phi) is 5.07. The maximum absolute atomic E-state index is 12.7. The number of hydrogen-bond donors (Lipinski definition) is 1. The average Bonchev–Trinajstić information content (AvgIpc) is 3.01. The quantitative estimate of drug-likeness (QED) is 0.841. The van der Waals surface area contributed by atoms with Crippen molar-refractivity contribution in [2.75, 3.05) is 23.1 Å². The molecule has 4 rings (SSSR count). The summed E-state index contributed by atoms with van der Waals surface area (Å²) in [4.78, 5) is 26.9. The van der Waals surface area contributed by atoms with Crippen molar-refractivity contribution >= 4 is 35.0 Å². The van der Waals surface area contributed by atoms with Gasteiger partial charge in [-0.1, -0.05) is 36.8 Å². The molecular weight excluding hydrogens is 360 g/mol. The lowest BCUT2D eigenvalue weighted by molar-refractivity contribution is -0.122. The zero-order valence-electron chi connectivity index (χ0n) is 15.2. The van der Waals surface area contributed by atoms with Gasteiger partial charge in [-0.3, -0.25) is 14.5 Å². The van der Waals surface area contributed by atoms with Gasteiger partial charge < -0.3 is 10.1 Å².